The van der Waals surface area contributed by atoms with Crippen LogP contribution in [0.15, 0.2) is 41.0 Å². The van der Waals surface area contributed by atoms with Gasteiger partial charge in [0.1, 0.15) is 0 Å². The highest BCUT2D eigenvalue weighted by molar-refractivity contribution is 5.94. The number of amides is 5. The van der Waals surface area contributed by atoms with Crippen LogP contribution in [0.1, 0.15) is 66.4 Å². The first-order valence-corrected chi connectivity index (χ1v) is 18.6. The highest BCUT2D eigenvalue weighted by atomic mass is 16.3. The van der Waals surface area contributed by atoms with Crippen LogP contribution in [0.5, 0.6) is 0 Å². The maximum Gasteiger partial charge on any atom is 0.289 e. The molecule has 0 unspecified atom stereocenters. The van der Waals surface area contributed by atoms with E-state index in [1.807, 2.05) is 30.8 Å². The summed E-state index contributed by atoms with van der Waals surface area (Å²) in [5, 5.41) is 4.05. The molecule has 5 heterocycles. The number of H-pyrrole nitrogens is 1. The molecule has 3 aliphatic heterocycles. The molecular formula is C39H53N7O6. The molecule has 0 spiro atoms. The lowest BCUT2D eigenvalue weighted by Gasteiger charge is -2.56. The zero-order chi connectivity index (χ0) is 37.2. The quantitative estimate of drug-likeness (QED) is 0.275. The van der Waals surface area contributed by atoms with E-state index in [9.17, 15) is 24.0 Å². The van der Waals surface area contributed by atoms with Gasteiger partial charge in [-0.15, -0.1) is 0 Å². The number of benzene rings is 1. The number of aryl methyl sites for hydroxylation is 1. The van der Waals surface area contributed by atoms with E-state index < -0.39 is 17.4 Å². The van der Waals surface area contributed by atoms with Crippen LogP contribution in [-0.4, -0.2) is 133 Å². The van der Waals surface area contributed by atoms with E-state index in [1.54, 1.807) is 36.0 Å². The first-order chi connectivity index (χ1) is 24.9. The van der Waals surface area contributed by atoms with Gasteiger partial charge in [-0.05, 0) is 82.1 Å². The molecular weight excluding hydrogens is 662 g/mol. The number of aromatic nitrogens is 1. The fourth-order valence-electron chi connectivity index (χ4n) is 8.51. The Balaban J connectivity index is 1.30. The van der Waals surface area contributed by atoms with Gasteiger partial charge < -0.3 is 39.2 Å². The summed E-state index contributed by atoms with van der Waals surface area (Å²) in [6.07, 6.45) is 4.71. The van der Waals surface area contributed by atoms with E-state index in [4.69, 9.17) is 4.42 Å². The minimum atomic E-state index is -0.929. The Bertz CT molecular complexity index is 1790. The largest absolute Gasteiger partial charge is 0.459 e. The van der Waals surface area contributed by atoms with Crippen molar-refractivity contribution in [2.45, 2.75) is 57.4 Å². The minimum absolute atomic E-state index is 0.0287. The second kappa shape index (κ2) is 15.5. The lowest BCUT2D eigenvalue weighted by molar-refractivity contribution is -0.167. The Morgan fingerprint density at radius 2 is 1.77 bits per heavy atom. The molecule has 52 heavy (non-hydrogen) atoms. The number of carbonyl (C=O) groups is 5. The molecule has 2 N–H and O–H groups in total. The van der Waals surface area contributed by atoms with E-state index in [0.29, 0.717) is 65.0 Å². The number of nitrogens with zero attached hydrogens (tertiary/aromatic N) is 5. The SMILES string of the molecule is CC[C@]12c3[nH]c4cc(CCC(=O)N(C)C)ccc4c3CCN1C(=O)[C@@H](CC(=O)NCCCN(C)C)C[C@@H]2C(=O)N1CCN(C(=O)c2ccco2)CC1. The third kappa shape index (κ3) is 7.19. The molecule has 2 saturated heterocycles. The van der Waals surface area contributed by atoms with Gasteiger partial charge >= 0.3 is 0 Å². The molecule has 0 saturated carbocycles. The molecule has 3 aromatic rings. The van der Waals surface area contributed by atoms with Gasteiger partial charge in [-0.3, -0.25) is 24.0 Å². The summed E-state index contributed by atoms with van der Waals surface area (Å²) < 4.78 is 5.33. The Hall–Kier alpha value is -4.65. The van der Waals surface area contributed by atoms with Crippen LogP contribution in [0.4, 0.5) is 0 Å². The first kappa shape index (κ1) is 37.1. The van der Waals surface area contributed by atoms with Crippen LogP contribution < -0.4 is 5.32 Å². The third-order valence-corrected chi connectivity index (χ3v) is 11.3. The monoisotopic (exact) mass is 715 g/mol. The number of hydrogen-bond acceptors (Lipinski definition) is 7. The smallest absolute Gasteiger partial charge is 0.289 e. The number of rotatable bonds is 12. The summed E-state index contributed by atoms with van der Waals surface area (Å²) in [6.45, 7) is 5.31. The van der Waals surface area contributed by atoms with Gasteiger partial charge in [-0.25, -0.2) is 0 Å². The average Bonchev–Trinajstić information content (AvgIpc) is 3.81. The number of furan rings is 1. The molecule has 2 aromatic heterocycles. The van der Waals surface area contributed by atoms with E-state index >= 15 is 0 Å². The van der Waals surface area contributed by atoms with Crippen LogP contribution in [0, 0.1) is 11.8 Å². The summed E-state index contributed by atoms with van der Waals surface area (Å²) in [5.41, 5.74) is 3.04. The van der Waals surface area contributed by atoms with Crippen LogP contribution >= 0.6 is 0 Å². The summed E-state index contributed by atoms with van der Waals surface area (Å²) in [4.78, 5) is 80.7. The number of hydrogen-bond donors (Lipinski definition) is 2. The fourth-order valence-corrected chi connectivity index (χ4v) is 8.51. The number of fused-ring (bicyclic) bond motifs is 5. The molecule has 3 aliphatic rings. The summed E-state index contributed by atoms with van der Waals surface area (Å²) in [7, 11) is 7.49. The molecule has 13 nitrogen and oxygen atoms in total. The number of piperazine rings is 1. The second-order valence-corrected chi connectivity index (χ2v) is 15.0. The normalized spacial score (nSPS) is 21.7. The van der Waals surface area contributed by atoms with Crippen molar-refractivity contribution in [1.29, 1.82) is 0 Å². The summed E-state index contributed by atoms with van der Waals surface area (Å²) >= 11 is 0. The summed E-state index contributed by atoms with van der Waals surface area (Å²) in [5.74, 6) is -1.42. The van der Waals surface area contributed by atoms with Gasteiger partial charge in [-0.1, -0.05) is 19.1 Å². The van der Waals surface area contributed by atoms with Crippen molar-refractivity contribution in [1.82, 2.24) is 34.8 Å². The van der Waals surface area contributed by atoms with Gasteiger partial charge in [0.05, 0.1) is 17.7 Å². The standard InChI is InChI=1S/C39H53N7O6/c1-6-39-30(37(50)44-18-20-45(21-19-44)38(51)32-9-7-22-52-32)24-27(25-33(47)40-15-8-16-42(2)3)36(49)46(39)17-14-29-28-12-10-26(11-13-34(48)43(4)5)23-31(28)41-35(29)39/h7,9-10,12,22-23,27,30,41H,6,8,11,13-21,24-25H2,1-5H3,(H,40,47)/t27-,30-,39+/m1/s1. The number of carbonyl (C=O) groups excluding carboxylic acids is 5. The van der Waals surface area contributed by atoms with Gasteiger partial charge in [0.25, 0.3) is 5.91 Å². The van der Waals surface area contributed by atoms with Crippen molar-refractivity contribution < 1.29 is 28.4 Å². The number of nitrogens with one attached hydrogen (secondary N) is 2. The van der Waals surface area contributed by atoms with Crippen LogP contribution in [0.25, 0.3) is 10.9 Å². The Morgan fingerprint density at radius 3 is 2.44 bits per heavy atom. The van der Waals surface area contributed by atoms with Gasteiger partial charge in [0.2, 0.25) is 23.6 Å². The molecule has 2 fully saturated rings. The maximum atomic E-state index is 14.9. The summed E-state index contributed by atoms with van der Waals surface area (Å²) in [6, 6.07) is 9.58. The van der Waals surface area contributed by atoms with Gasteiger partial charge in [-0.2, -0.15) is 0 Å². The molecule has 0 bridgehead atoms. The zero-order valence-electron chi connectivity index (χ0n) is 31.2. The van der Waals surface area contributed by atoms with Crippen molar-refractivity contribution in [3.8, 4) is 0 Å². The fraction of sp³-hybridized carbons (Fsp3) is 0.564. The third-order valence-electron chi connectivity index (χ3n) is 11.3. The zero-order valence-corrected chi connectivity index (χ0v) is 31.2. The van der Waals surface area contributed by atoms with Gasteiger partial charge in [0, 0.05) is 88.7 Å². The Morgan fingerprint density at radius 1 is 1.02 bits per heavy atom. The van der Waals surface area contributed by atoms with Crippen molar-refractivity contribution in [3.63, 3.8) is 0 Å². The number of piperidine rings is 1. The predicted molar refractivity (Wildman–Crippen MR) is 196 cm³/mol. The topological polar surface area (TPSA) is 143 Å². The van der Waals surface area contributed by atoms with Gasteiger partial charge in [0.15, 0.2) is 5.76 Å². The van der Waals surface area contributed by atoms with E-state index in [1.165, 1.54) is 6.26 Å². The van der Waals surface area contributed by atoms with Crippen molar-refractivity contribution in [2.24, 2.45) is 11.8 Å². The van der Waals surface area contributed by atoms with Crippen molar-refractivity contribution in [2.75, 3.05) is 74.0 Å². The van der Waals surface area contributed by atoms with E-state index in [2.05, 4.69) is 33.4 Å². The van der Waals surface area contributed by atoms with Crippen molar-refractivity contribution in [3.05, 3.63) is 59.2 Å². The molecule has 6 rings (SSSR count). The maximum absolute atomic E-state index is 14.9. The highest BCUT2D eigenvalue weighted by Gasteiger charge is 2.59. The first-order valence-electron chi connectivity index (χ1n) is 18.6. The second-order valence-electron chi connectivity index (χ2n) is 15.0. The molecule has 3 atom stereocenters. The number of aromatic amines is 1. The predicted octanol–water partition coefficient (Wildman–Crippen LogP) is 2.85. The Kier molecular flexibility index (Phi) is 11.1. The lowest BCUT2D eigenvalue weighted by Crippen LogP contribution is -2.66. The molecule has 13 heteroatoms. The molecule has 280 valence electrons. The van der Waals surface area contributed by atoms with Crippen LogP contribution in [0.3, 0.4) is 0 Å². The average molecular weight is 716 g/mol. The lowest BCUT2D eigenvalue weighted by atomic mass is 9.65. The molecule has 1 aromatic carbocycles. The van der Waals surface area contributed by atoms with Crippen molar-refractivity contribution >= 4 is 40.4 Å². The molecule has 5 amide bonds. The Labute approximate surface area is 305 Å². The van der Waals surface area contributed by atoms with E-state index in [-0.39, 0.29) is 48.1 Å². The van der Waals surface area contributed by atoms with Crippen LogP contribution in [0.2, 0.25) is 0 Å². The van der Waals surface area contributed by atoms with Crippen LogP contribution in [-0.2, 0) is 37.6 Å². The minimum Gasteiger partial charge on any atom is -0.459 e. The van der Waals surface area contributed by atoms with E-state index in [0.717, 1.165) is 40.7 Å². The molecule has 0 radical (unpaired) electrons. The molecule has 0 aliphatic carbocycles. The highest BCUT2D eigenvalue weighted by Crippen LogP contribution is 2.52.